The SMILES string of the molecule is COC(=O)c1ccncc1.Cl. The molecule has 0 saturated carbocycles. The van der Waals surface area contributed by atoms with E-state index in [0.29, 0.717) is 5.56 Å². The van der Waals surface area contributed by atoms with E-state index in [4.69, 9.17) is 0 Å². The van der Waals surface area contributed by atoms with Crippen molar-refractivity contribution < 1.29 is 9.53 Å². The highest BCUT2D eigenvalue weighted by Gasteiger charge is 2.01. The van der Waals surface area contributed by atoms with Crippen LogP contribution in [0.4, 0.5) is 0 Å². The minimum Gasteiger partial charge on any atom is -0.465 e. The van der Waals surface area contributed by atoms with Crippen LogP contribution in [0.3, 0.4) is 0 Å². The van der Waals surface area contributed by atoms with Gasteiger partial charge in [-0.2, -0.15) is 0 Å². The van der Waals surface area contributed by atoms with Crippen molar-refractivity contribution in [3.05, 3.63) is 30.1 Å². The number of rotatable bonds is 1. The molecule has 0 aromatic carbocycles. The molecule has 0 spiro atoms. The van der Waals surface area contributed by atoms with Crippen LogP contribution in [0, 0.1) is 0 Å². The van der Waals surface area contributed by atoms with Crippen LogP contribution < -0.4 is 0 Å². The van der Waals surface area contributed by atoms with Gasteiger partial charge in [-0.1, -0.05) is 0 Å². The van der Waals surface area contributed by atoms with Crippen molar-refractivity contribution in [2.24, 2.45) is 0 Å². The molecule has 1 aromatic heterocycles. The predicted octanol–water partition coefficient (Wildman–Crippen LogP) is 1.29. The van der Waals surface area contributed by atoms with E-state index in [2.05, 4.69) is 9.72 Å². The molecule has 0 bridgehead atoms. The van der Waals surface area contributed by atoms with Crippen LogP contribution in [0.25, 0.3) is 0 Å². The summed E-state index contributed by atoms with van der Waals surface area (Å²) in [6.07, 6.45) is 3.10. The molecule has 0 aliphatic rings. The zero-order valence-electron chi connectivity index (χ0n) is 5.98. The van der Waals surface area contributed by atoms with Gasteiger partial charge in [0.2, 0.25) is 0 Å². The normalized spacial score (nSPS) is 8.09. The second-order valence-corrected chi connectivity index (χ2v) is 1.73. The second-order valence-electron chi connectivity index (χ2n) is 1.73. The molecule has 0 N–H and O–H groups in total. The van der Waals surface area contributed by atoms with Crippen molar-refractivity contribution in [3.63, 3.8) is 0 Å². The van der Waals surface area contributed by atoms with Gasteiger partial charge in [0.25, 0.3) is 0 Å². The maximum atomic E-state index is 10.8. The summed E-state index contributed by atoms with van der Waals surface area (Å²) in [5.41, 5.74) is 0.525. The predicted molar refractivity (Wildman–Crippen MR) is 42.8 cm³/mol. The third kappa shape index (κ3) is 2.55. The van der Waals surface area contributed by atoms with Crippen LogP contribution in [0.1, 0.15) is 10.4 Å². The molecule has 0 fully saturated rings. The molecular formula is C7H8ClNO2. The van der Waals surface area contributed by atoms with E-state index in [0.717, 1.165) is 0 Å². The van der Waals surface area contributed by atoms with Crippen molar-refractivity contribution >= 4 is 18.4 Å². The summed E-state index contributed by atoms with van der Waals surface area (Å²) in [4.78, 5) is 14.5. The zero-order chi connectivity index (χ0) is 7.40. The Balaban J connectivity index is 0.000001000. The molecule has 0 amide bonds. The number of nitrogens with zero attached hydrogens (tertiary/aromatic N) is 1. The Labute approximate surface area is 70.8 Å². The van der Waals surface area contributed by atoms with Crippen molar-refractivity contribution in [3.8, 4) is 0 Å². The van der Waals surface area contributed by atoms with Gasteiger partial charge in [0.1, 0.15) is 0 Å². The van der Waals surface area contributed by atoms with Gasteiger partial charge in [0.15, 0.2) is 0 Å². The Morgan fingerprint density at radius 3 is 2.45 bits per heavy atom. The third-order valence-electron chi connectivity index (χ3n) is 1.10. The molecule has 0 aliphatic carbocycles. The average Bonchev–Trinajstić information content (AvgIpc) is 2.05. The zero-order valence-corrected chi connectivity index (χ0v) is 6.80. The molecular weight excluding hydrogens is 166 g/mol. The van der Waals surface area contributed by atoms with E-state index in [1.54, 1.807) is 24.5 Å². The molecule has 1 aromatic rings. The van der Waals surface area contributed by atoms with Crippen LogP contribution in [0.2, 0.25) is 0 Å². The molecule has 0 aliphatic heterocycles. The highest BCUT2D eigenvalue weighted by molar-refractivity contribution is 5.88. The van der Waals surface area contributed by atoms with Crippen LogP contribution in [-0.2, 0) is 4.74 Å². The fourth-order valence-electron chi connectivity index (χ4n) is 0.606. The average molecular weight is 174 g/mol. The summed E-state index contributed by atoms with van der Waals surface area (Å²) in [5.74, 6) is -0.331. The number of carbonyl (C=O) groups excluding carboxylic acids is 1. The Morgan fingerprint density at radius 1 is 1.45 bits per heavy atom. The summed E-state index contributed by atoms with van der Waals surface area (Å²) in [7, 11) is 1.35. The largest absolute Gasteiger partial charge is 0.465 e. The van der Waals surface area contributed by atoms with E-state index >= 15 is 0 Å². The fraction of sp³-hybridized carbons (Fsp3) is 0.143. The van der Waals surface area contributed by atoms with Crippen LogP contribution >= 0.6 is 12.4 Å². The Kier molecular flexibility index (Phi) is 4.22. The molecule has 60 valence electrons. The van der Waals surface area contributed by atoms with E-state index in [1.165, 1.54) is 7.11 Å². The summed E-state index contributed by atoms with van der Waals surface area (Å²) in [5, 5.41) is 0. The Bertz CT molecular complexity index is 225. The van der Waals surface area contributed by atoms with Gasteiger partial charge < -0.3 is 4.74 Å². The van der Waals surface area contributed by atoms with Gasteiger partial charge in [-0.3, -0.25) is 4.98 Å². The van der Waals surface area contributed by atoms with Crippen molar-refractivity contribution in [1.29, 1.82) is 0 Å². The van der Waals surface area contributed by atoms with Crippen LogP contribution in [0.15, 0.2) is 24.5 Å². The highest BCUT2D eigenvalue weighted by atomic mass is 35.5. The molecule has 0 unspecified atom stereocenters. The minimum atomic E-state index is -0.331. The van der Waals surface area contributed by atoms with Crippen molar-refractivity contribution in [2.45, 2.75) is 0 Å². The standard InChI is InChI=1S/C7H7NO2.ClH/c1-10-7(9)6-2-4-8-5-3-6;/h2-5H,1H3;1H. The lowest BCUT2D eigenvalue weighted by atomic mass is 10.3. The van der Waals surface area contributed by atoms with E-state index < -0.39 is 0 Å². The van der Waals surface area contributed by atoms with Gasteiger partial charge in [-0.25, -0.2) is 4.79 Å². The van der Waals surface area contributed by atoms with Gasteiger partial charge in [0, 0.05) is 12.4 Å². The van der Waals surface area contributed by atoms with Crippen molar-refractivity contribution in [1.82, 2.24) is 4.98 Å². The topological polar surface area (TPSA) is 39.2 Å². The van der Waals surface area contributed by atoms with Gasteiger partial charge in [-0.05, 0) is 12.1 Å². The van der Waals surface area contributed by atoms with Crippen molar-refractivity contribution in [2.75, 3.05) is 7.11 Å². The highest BCUT2D eigenvalue weighted by Crippen LogP contribution is 1.96. The number of ether oxygens (including phenoxy) is 1. The number of methoxy groups -OCH3 is 1. The third-order valence-corrected chi connectivity index (χ3v) is 1.10. The number of hydrogen-bond donors (Lipinski definition) is 0. The van der Waals surface area contributed by atoms with E-state index in [-0.39, 0.29) is 18.4 Å². The maximum Gasteiger partial charge on any atom is 0.337 e. The van der Waals surface area contributed by atoms with Gasteiger partial charge in [-0.15, -0.1) is 12.4 Å². The first-order valence-electron chi connectivity index (χ1n) is 2.83. The minimum absolute atomic E-state index is 0. The smallest absolute Gasteiger partial charge is 0.337 e. The monoisotopic (exact) mass is 173 g/mol. The summed E-state index contributed by atoms with van der Waals surface area (Å²) >= 11 is 0. The molecule has 0 atom stereocenters. The van der Waals surface area contributed by atoms with Gasteiger partial charge >= 0.3 is 5.97 Å². The fourth-order valence-corrected chi connectivity index (χ4v) is 0.606. The van der Waals surface area contributed by atoms with E-state index in [1.807, 2.05) is 0 Å². The van der Waals surface area contributed by atoms with E-state index in [9.17, 15) is 4.79 Å². The number of halogens is 1. The molecule has 3 nitrogen and oxygen atoms in total. The molecule has 4 heteroatoms. The first-order valence-corrected chi connectivity index (χ1v) is 2.83. The molecule has 0 radical (unpaired) electrons. The lowest BCUT2D eigenvalue weighted by Crippen LogP contribution is -2.00. The lowest BCUT2D eigenvalue weighted by Gasteiger charge is -1.95. The lowest BCUT2D eigenvalue weighted by molar-refractivity contribution is 0.0600. The molecule has 1 rings (SSSR count). The number of esters is 1. The van der Waals surface area contributed by atoms with Gasteiger partial charge in [0.05, 0.1) is 12.7 Å². The summed E-state index contributed by atoms with van der Waals surface area (Å²) < 4.78 is 4.47. The first kappa shape index (κ1) is 9.91. The maximum absolute atomic E-state index is 10.8. The number of hydrogen-bond acceptors (Lipinski definition) is 3. The molecule has 0 saturated heterocycles. The number of aromatic nitrogens is 1. The number of carbonyl (C=O) groups is 1. The summed E-state index contributed by atoms with van der Waals surface area (Å²) in [6.45, 7) is 0. The summed E-state index contributed by atoms with van der Waals surface area (Å²) in [6, 6.07) is 3.21. The molecule has 1 heterocycles. The Hall–Kier alpha value is -1.09. The van der Waals surface area contributed by atoms with Crippen LogP contribution in [0.5, 0.6) is 0 Å². The number of pyridine rings is 1. The van der Waals surface area contributed by atoms with Crippen LogP contribution in [-0.4, -0.2) is 18.1 Å². The molecule has 11 heavy (non-hydrogen) atoms. The Morgan fingerprint density at radius 2 is 2.00 bits per heavy atom. The second kappa shape index (κ2) is 4.68. The first-order chi connectivity index (χ1) is 4.84. The quantitative estimate of drug-likeness (QED) is 0.601.